The Morgan fingerprint density at radius 1 is 1.40 bits per heavy atom. The van der Waals surface area contributed by atoms with Gasteiger partial charge in [-0.1, -0.05) is 6.92 Å². The van der Waals surface area contributed by atoms with Gasteiger partial charge in [-0.2, -0.15) is 0 Å². The topological polar surface area (TPSA) is 24.9 Å². The number of hydrogen-bond acceptors (Lipinski definition) is 3. The molecule has 0 spiro atoms. The summed E-state index contributed by atoms with van der Waals surface area (Å²) in [6, 6.07) is 0.739. The van der Waals surface area contributed by atoms with Crippen molar-refractivity contribution >= 4 is 11.3 Å². The third-order valence-electron chi connectivity index (χ3n) is 3.41. The summed E-state index contributed by atoms with van der Waals surface area (Å²) in [5.74, 6) is 0.938. The molecule has 2 rings (SSSR count). The molecule has 0 amide bonds. The van der Waals surface area contributed by atoms with E-state index < -0.39 is 0 Å². The van der Waals surface area contributed by atoms with Crippen LogP contribution in [0.15, 0.2) is 5.51 Å². The van der Waals surface area contributed by atoms with Gasteiger partial charge >= 0.3 is 0 Å². The van der Waals surface area contributed by atoms with Gasteiger partial charge in [-0.05, 0) is 38.5 Å². The first-order valence-corrected chi connectivity index (χ1v) is 6.76. The second kappa shape index (κ2) is 5.08. The van der Waals surface area contributed by atoms with Crippen LogP contribution in [0.5, 0.6) is 0 Å². The van der Waals surface area contributed by atoms with E-state index in [0.29, 0.717) is 0 Å². The minimum atomic E-state index is 0.739. The highest BCUT2D eigenvalue weighted by molar-refractivity contribution is 7.09. The monoisotopic (exact) mass is 224 g/mol. The Kier molecular flexibility index (Phi) is 3.76. The smallest absolute Gasteiger partial charge is 0.0798 e. The Hall–Kier alpha value is -0.410. The Bertz CT molecular complexity index is 300. The number of nitrogens with one attached hydrogen (secondary N) is 1. The second-order valence-corrected chi connectivity index (χ2v) is 5.64. The van der Waals surface area contributed by atoms with Crippen molar-refractivity contribution in [2.24, 2.45) is 5.92 Å². The Labute approximate surface area is 96.1 Å². The van der Waals surface area contributed by atoms with Gasteiger partial charge in [0.15, 0.2) is 0 Å². The highest BCUT2D eigenvalue weighted by Gasteiger charge is 2.17. The number of aryl methyl sites for hydroxylation is 1. The maximum absolute atomic E-state index is 4.27. The van der Waals surface area contributed by atoms with E-state index in [1.165, 1.54) is 36.3 Å². The lowest BCUT2D eigenvalue weighted by Crippen LogP contribution is -2.32. The summed E-state index contributed by atoms with van der Waals surface area (Å²) >= 11 is 1.77. The molecule has 1 aromatic heterocycles. The molecule has 1 heterocycles. The van der Waals surface area contributed by atoms with E-state index >= 15 is 0 Å². The van der Waals surface area contributed by atoms with E-state index in [9.17, 15) is 0 Å². The van der Waals surface area contributed by atoms with Gasteiger partial charge in [0.05, 0.1) is 11.2 Å². The highest BCUT2D eigenvalue weighted by Crippen LogP contribution is 2.24. The summed E-state index contributed by atoms with van der Waals surface area (Å²) in [7, 11) is 0. The van der Waals surface area contributed by atoms with Gasteiger partial charge in [-0.25, -0.2) is 4.98 Å². The van der Waals surface area contributed by atoms with Crippen LogP contribution in [0.1, 0.15) is 43.2 Å². The zero-order valence-electron chi connectivity index (χ0n) is 9.62. The van der Waals surface area contributed by atoms with Crippen molar-refractivity contribution in [2.75, 3.05) is 0 Å². The molecule has 1 aliphatic carbocycles. The predicted molar refractivity (Wildman–Crippen MR) is 65.1 cm³/mol. The molecule has 1 fully saturated rings. The maximum Gasteiger partial charge on any atom is 0.0798 e. The summed E-state index contributed by atoms with van der Waals surface area (Å²) in [4.78, 5) is 5.67. The Morgan fingerprint density at radius 2 is 2.13 bits per heavy atom. The average Bonchev–Trinajstić information content (AvgIpc) is 2.63. The van der Waals surface area contributed by atoms with E-state index in [1.807, 2.05) is 5.51 Å². The number of hydrogen-bond donors (Lipinski definition) is 1. The molecule has 1 aliphatic rings. The average molecular weight is 224 g/mol. The molecule has 2 nitrogen and oxygen atoms in total. The van der Waals surface area contributed by atoms with Gasteiger partial charge in [-0.15, -0.1) is 11.3 Å². The lowest BCUT2D eigenvalue weighted by Gasteiger charge is -2.26. The van der Waals surface area contributed by atoms with Gasteiger partial charge < -0.3 is 5.32 Å². The summed E-state index contributed by atoms with van der Waals surface area (Å²) in [5.41, 5.74) is 3.13. The van der Waals surface area contributed by atoms with Crippen LogP contribution in [0.2, 0.25) is 0 Å². The number of rotatable bonds is 3. The Balaban J connectivity index is 1.77. The fourth-order valence-electron chi connectivity index (χ4n) is 2.20. The third kappa shape index (κ3) is 3.02. The molecule has 1 aromatic rings. The molecule has 0 radical (unpaired) electrons. The van der Waals surface area contributed by atoms with Crippen molar-refractivity contribution in [1.82, 2.24) is 10.3 Å². The molecule has 0 saturated heterocycles. The fourth-order valence-corrected chi connectivity index (χ4v) is 2.93. The molecular formula is C12H20N2S. The summed E-state index contributed by atoms with van der Waals surface area (Å²) in [5, 5.41) is 3.66. The molecule has 3 heteroatoms. The van der Waals surface area contributed by atoms with Crippen molar-refractivity contribution in [3.05, 3.63) is 16.1 Å². The minimum absolute atomic E-state index is 0.739. The van der Waals surface area contributed by atoms with Crippen molar-refractivity contribution in [3.63, 3.8) is 0 Å². The Morgan fingerprint density at radius 3 is 2.73 bits per heavy atom. The molecule has 15 heavy (non-hydrogen) atoms. The first-order valence-electron chi connectivity index (χ1n) is 5.88. The number of aromatic nitrogens is 1. The minimum Gasteiger partial charge on any atom is -0.309 e. The van der Waals surface area contributed by atoms with Crippen molar-refractivity contribution in [3.8, 4) is 0 Å². The van der Waals surface area contributed by atoms with Crippen LogP contribution in [0, 0.1) is 12.8 Å². The number of thiazole rings is 1. The molecule has 84 valence electrons. The summed E-state index contributed by atoms with van der Waals surface area (Å²) in [6.07, 6.45) is 5.47. The normalized spacial score (nSPS) is 26.8. The lowest BCUT2D eigenvalue weighted by atomic mass is 9.87. The predicted octanol–water partition coefficient (Wildman–Crippen LogP) is 3.12. The second-order valence-electron chi connectivity index (χ2n) is 4.70. The lowest BCUT2D eigenvalue weighted by molar-refractivity contribution is 0.307. The van der Waals surface area contributed by atoms with Gasteiger partial charge in [0, 0.05) is 17.5 Å². The summed E-state index contributed by atoms with van der Waals surface area (Å²) < 4.78 is 0. The van der Waals surface area contributed by atoms with Crippen LogP contribution in [0.4, 0.5) is 0 Å². The van der Waals surface area contributed by atoms with E-state index in [4.69, 9.17) is 0 Å². The first kappa shape index (κ1) is 11.1. The van der Waals surface area contributed by atoms with E-state index in [1.54, 1.807) is 11.3 Å². The summed E-state index contributed by atoms with van der Waals surface area (Å²) in [6.45, 7) is 5.47. The fraction of sp³-hybridized carbons (Fsp3) is 0.750. The van der Waals surface area contributed by atoms with Crippen LogP contribution in [0.25, 0.3) is 0 Å². The van der Waals surface area contributed by atoms with Crippen molar-refractivity contribution in [2.45, 2.75) is 52.1 Å². The van der Waals surface area contributed by atoms with E-state index in [2.05, 4.69) is 24.1 Å². The highest BCUT2D eigenvalue weighted by atomic mass is 32.1. The van der Waals surface area contributed by atoms with Crippen LogP contribution in [0.3, 0.4) is 0 Å². The standard InChI is InChI=1S/C12H20N2S/c1-9-3-5-11(6-4-9)13-7-12-10(2)14-8-15-12/h8-9,11,13H,3-7H2,1-2H3. The molecule has 0 bridgehead atoms. The third-order valence-corrected chi connectivity index (χ3v) is 4.35. The van der Waals surface area contributed by atoms with Crippen LogP contribution < -0.4 is 5.32 Å². The molecular weight excluding hydrogens is 204 g/mol. The molecule has 0 unspecified atom stereocenters. The largest absolute Gasteiger partial charge is 0.309 e. The molecule has 0 aromatic carbocycles. The number of nitrogens with zero attached hydrogens (tertiary/aromatic N) is 1. The quantitative estimate of drug-likeness (QED) is 0.853. The molecule has 0 atom stereocenters. The first-order chi connectivity index (χ1) is 7.25. The van der Waals surface area contributed by atoms with E-state index in [0.717, 1.165) is 18.5 Å². The van der Waals surface area contributed by atoms with E-state index in [-0.39, 0.29) is 0 Å². The van der Waals surface area contributed by atoms with Gasteiger partial charge in [0.2, 0.25) is 0 Å². The van der Waals surface area contributed by atoms with Gasteiger partial charge in [-0.3, -0.25) is 0 Å². The molecule has 1 N–H and O–H groups in total. The van der Waals surface area contributed by atoms with Crippen LogP contribution in [-0.2, 0) is 6.54 Å². The molecule has 0 aliphatic heterocycles. The SMILES string of the molecule is Cc1ncsc1CNC1CCC(C)CC1. The molecule has 1 saturated carbocycles. The van der Waals surface area contributed by atoms with Crippen LogP contribution in [-0.4, -0.2) is 11.0 Å². The van der Waals surface area contributed by atoms with Crippen molar-refractivity contribution in [1.29, 1.82) is 0 Å². The maximum atomic E-state index is 4.27. The zero-order chi connectivity index (χ0) is 10.7. The van der Waals surface area contributed by atoms with Gasteiger partial charge in [0.25, 0.3) is 0 Å². The van der Waals surface area contributed by atoms with Gasteiger partial charge in [0.1, 0.15) is 0 Å². The van der Waals surface area contributed by atoms with Crippen LogP contribution >= 0.6 is 11.3 Å². The van der Waals surface area contributed by atoms with Crippen molar-refractivity contribution < 1.29 is 0 Å². The zero-order valence-corrected chi connectivity index (χ0v) is 10.4.